The molecule has 0 aliphatic rings. The van der Waals surface area contributed by atoms with E-state index >= 15 is 0 Å². The molecule has 0 unspecified atom stereocenters. The van der Waals surface area contributed by atoms with Crippen molar-refractivity contribution in [2.24, 2.45) is 0 Å². The van der Waals surface area contributed by atoms with Crippen molar-refractivity contribution in [1.29, 1.82) is 0 Å². The van der Waals surface area contributed by atoms with E-state index < -0.39 is 0 Å². The van der Waals surface area contributed by atoms with Gasteiger partial charge in [-0.2, -0.15) is 0 Å². The molecule has 1 aromatic heterocycles. The number of benzene rings is 2. The van der Waals surface area contributed by atoms with E-state index in [0.29, 0.717) is 0 Å². The Bertz CT molecular complexity index is 673. The van der Waals surface area contributed by atoms with Crippen LogP contribution in [0.1, 0.15) is 5.56 Å². The molecule has 0 bridgehead atoms. The van der Waals surface area contributed by atoms with Crippen molar-refractivity contribution < 1.29 is 0 Å². The predicted octanol–water partition coefficient (Wildman–Crippen LogP) is 4.54. The Balaban J connectivity index is 1.76. The summed E-state index contributed by atoms with van der Waals surface area (Å²) in [5.41, 5.74) is 3.57. The number of hydrogen-bond acceptors (Lipinski definition) is 1. The van der Waals surface area contributed by atoms with Crippen LogP contribution >= 0.6 is 15.9 Å². The van der Waals surface area contributed by atoms with Gasteiger partial charge in [0, 0.05) is 33.8 Å². The van der Waals surface area contributed by atoms with Gasteiger partial charge in [-0.3, -0.25) is 0 Å². The third-order valence-corrected chi connectivity index (χ3v) is 3.43. The molecule has 2 aromatic carbocycles. The minimum Gasteiger partial charge on any atom is -0.381 e. The van der Waals surface area contributed by atoms with Crippen LogP contribution in [0.15, 0.2) is 59.2 Å². The third-order valence-electron chi connectivity index (χ3n) is 2.94. The minimum absolute atomic E-state index is 0.829. The molecule has 0 amide bonds. The molecule has 18 heavy (non-hydrogen) atoms. The Hall–Kier alpha value is -1.74. The summed E-state index contributed by atoms with van der Waals surface area (Å²) in [4.78, 5) is 3.19. The molecule has 0 saturated carbocycles. The summed E-state index contributed by atoms with van der Waals surface area (Å²) in [6.45, 7) is 0.829. The van der Waals surface area contributed by atoms with Crippen LogP contribution in [0.2, 0.25) is 0 Å². The zero-order valence-corrected chi connectivity index (χ0v) is 11.4. The number of hydrogen-bond donors (Lipinski definition) is 2. The highest BCUT2D eigenvalue weighted by Crippen LogP contribution is 2.19. The molecule has 0 saturated heterocycles. The zero-order valence-electron chi connectivity index (χ0n) is 9.78. The fourth-order valence-electron chi connectivity index (χ4n) is 2.01. The van der Waals surface area contributed by atoms with Gasteiger partial charge in [0.1, 0.15) is 0 Å². The standard InChI is InChI=1S/C15H13BrN2/c16-13-3-1-2-11(8-13)10-18-14-4-5-15-12(9-14)6-7-17-15/h1-9,17-18H,10H2. The summed E-state index contributed by atoms with van der Waals surface area (Å²) in [5.74, 6) is 0. The number of H-pyrrole nitrogens is 1. The molecule has 0 aliphatic heterocycles. The first-order chi connectivity index (χ1) is 8.81. The molecule has 0 spiro atoms. The van der Waals surface area contributed by atoms with Crippen LogP contribution in [0.25, 0.3) is 10.9 Å². The van der Waals surface area contributed by atoms with Crippen molar-refractivity contribution in [1.82, 2.24) is 4.98 Å². The van der Waals surface area contributed by atoms with E-state index in [1.165, 1.54) is 16.5 Å². The summed E-state index contributed by atoms with van der Waals surface area (Å²) in [6, 6.07) is 16.8. The van der Waals surface area contributed by atoms with Gasteiger partial charge in [-0.15, -0.1) is 0 Å². The van der Waals surface area contributed by atoms with Crippen molar-refractivity contribution in [2.45, 2.75) is 6.54 Å². The molecule has 3 rings (SSSR count). The lowest BCUT2D eigenvalue weighted by molar-refractivity contribution is 1.15. The van der Waals surface area contributed by atoms with Crippen LogP contribution in [0.5, 0.6) is 0 Å². The molecule has 90 valence electrons. The number of aromatic nitrogens is 1. The van der Waals surface area contributed by atoms with E-state index in [1.807, 2.05) is 12.3 Å². The number of anilines is 1. The molecule has 0 aliphatic carbocycles. The number of aromatic amines is 1. The van der Waals surface area contributed by atoms with Crippen molar-refractivity contribution in [3.8, 4) is 0 Å². The van der Waals surface area contributed by atoms with Crippen LogP contribution in [-0.4, -0.2) is 4.98 Å². The number of halogens is 1. The van der Waals surface area contributed by atoms with E-state index in [9.17, 15) is 0 Å². The Labute approximate surface area is 114 Å². The maximum Gasteiger partial charge on any atom is 0.0455 e. The molecular formula is C15H13BrN2. The second kappa shape index (κ2) is 4.86. The highest BCUT2D eigenvalue weighted by atomic mass is 79.9. The lowest BCUT2D eigenvalue weighted by Crippen LogP contribution is -1.98. The Morgan fingerprint density at radius 3 is 2.89 bits per heavy atom. The van der Waals surface area contributed by atoms with Crippen LogP contribution < -0.4 is 5.32 Å². The molecule has 0 fully saturated rings. The van der Waals surface area contributed by atoms with Gasteiger partial charge in [0.2, 0.25) is 0 Å². The first-order valence-electron chi connectivity index (χ1n) is 5.87. The van der Waals surface area contributed by atoms with E-state index in [-0.39, 0.29) is 0 Å². The SMILES string of the molecule is Brc1cccc(CNc2ccc3[nH]ccc3c2)c1. The number of nitrogens with one attached hydrogen (secondary N) is 2. The maximum atomic E-state index is 3.48. The highest BCUT2D eigenvalue weighted by molar-refractivity contribution is 9.10. The molecule has 0 atom stereocenters. The summed E-state index contributed by atoms with van der Waals surface area (Å²) >= 11 is 3.48. The van der Waals surface area contributed by atoms with Crippen molar-refractivity contribution >= 4 is 32.5 Å². The molecule has 3 aromatic rings. The average molecular weight is 301 g/mol. The number of fused-ring (bicyclic) bond motifs is 1. The molecule has 2 N–H and O–H groups in total. The fraction of sp³-hybridized carbons (Fsp3) is 0.0667. The van der Waals surface area contributed by atoms with E-state index in [2.05, 4.69) is 68.7 Å². The third kappa shape index (κ3) is 2.41. The largest absolute Gasteiger partial charge is 0.381 e. The smallest absolute Gasteiger partial charge is 0.0455 e. The van der Waals surface area contributed by atoms with Crippen molar-refractivity contribution in [2.75, 3.05) is 5.32 Å². The van der Waals surface area contributed by atoms with Gasteiger partial charge in [0.25, 0.3) is 0 Å². The minimum atomic E-state index is 0.829. The topological polar surface area (TPSA) is 27.8 Å². The molecule has 1 heterocycles. The molecule has 3 heteroatoms. The molecule has 0 radical (unpaired) electrons. The molecule has 2 nitrogen and oxygen atoms in total. The van der Waals surface area contributed by atoms with Crippen molar-refractivity contribution in [3.05, 3.63) is 64.8 Å². The van der Waals surface area contributed by atoms with Gasteiger partial charge in [-0.1, -0.05) is 28.1 Å². The Morgan fingerprint density at radius 2 is 2.00 bits per heavy atom. The lowest BCUT2D eigenvalue weighted by Gasteiger charge is -2.07. The van der Waals surface area contributed by atoms with Gasteiger partial charge < -0.3 is 10.3 Å². The van der Waals surface area contributed by atoms with Crippen LogP contribution in [0.4, 0.5) is 5.69 Å². The summed E-state index contributed by atoms with van der Waals surface area (Å²) < 4.78 is 1.11. The van der Waals surface area contributed by atoms with Crippen molar-refractivity contribution in [3.63, 3.8) is 0 Å². The fourth-order valence-corrected chi connectivity index (χ4v) is 2.46. The highest BCUT2D eigenvalue weighted by Gasteiger charge is 1.98. The first-order valence-corrected chi connectivity index (χ1v) is 6.66. The summed E-state index contributed by atoms with van der Waals surface area (Å²) in [6.07, 6.45) is 1.96. The average Bonchev–Trinajstić information content (AvgIpc) is 2.84. The maximum absolute atomic E-state index is 3.48. The van der Waals surface area contributed by atoms with E-state index in [0.717, 1.165) is 16.7 Å². The van der Waals surface area contributed by atoms with E-state index in [1.54, 1.807) is 0 Å². The number of rotatable bonds is 3. The zero-order chi connectivity index (χ0) is 12.4. The summed E-state index contributed by atoms with van der Waals surface area (Å²) in [7, 11) is 0. The molecular weight excluding hydrogens is 288 g/mol. The van der Waals surface area contributed by atoms with Gasteiger partial charge in [-0.05, 0) is 42.0 Å². The van der Waals surface area contributed by atoms with Crippen LogP contribution in [-0.2, 0) is 6.54 Å². The van der Waals surface area contributed by atoms with Gasteiger partial charge in [0.05, 0.1) is 0 Å². The lowest BCUT2D eigenvalue weighted by atomic mass is 10.2. The normalized spacial score (nSPS) is 10.7. The van der Waals surface area contributed by atoms with Gasteiger partial charge >= 0.3 is 0 Å². The van der Waals surface area contributed by atoms with E-state index in [4.69, 9.17) is 0 Å². The van der Waals surface area contributed by atoms with Gasteiger partial charge in [0.15, 0.2) is 0 Å². The van der Waals surface area contributed by atoms with Crippen LogP contribution in [0, 0.1) is 0 Å². The van der Waals surface area contributed by atoms with Crippen LogP contribution in [0.3, 0.4) is 0 Å². The predicted molar refractivity (Wildman–Crippen MR) is 79.8 cm³/mol. The Morgan fingerprint density at radius 1 is 1.06 bits per heavy atom. The second-order valence-corrected chi connectivity index (χ2v) is 5.18. The monoisotopic (exact) mass is 300 g/mol. The quantitative estimate of drug-likeness (QED) is 0.730. The Kier molecular flexibility index (Phi) is 3.07. The van der Waals surface area contributed by atoms with Gasteiger partial charge in [-0.25, -0.2) is 0 Å². The summed E-state index contributed by atoms with van der Waals surface area (Å²) in [5, 5.41) is 4.67. The first kappa shape index (κ1) is 11.4. The second-order valence-electron chi connectivity index (χ2n) is 4.26.